The molecule has 0 saturated heterocycles. The highest BCUT2D eigenvalue weighted by atomic mass is 32.2. The van der Waals surface area contributed by atoms with Crippen molar-refractivity contribution in [2.45, 2.75) is 24.8 Å². The number of hydrogen-bond acceptors (Lipinski definition) is 8. The van der Waals surface area contributed by atoms with E-state index < -0.39 is 18.0 Å². The van der Waals surface area contributed by atoms with Crippen molar-refractivity contribution in [3.8, 4) is 11.3 Å². The molecule has 0 spiro atoms. The number of rotatable bonds is 7. The summed E-state index contributed by atoms with van der Waals surface area (Å²) in [5.41, 5.74) is 2.05. The molecular weight excluding hydrogens is 536 g/mol. The molecule has 0 radical (unpaired) electrons. The average molecular weight is 561 g/mol. The second-order valence-electron chi connectivity index (χ2n) is 8.66. The average Bonchev–Trinajstić information content (AvgIpc) is 3.52. The highest BCUT2D eigenvalue weighted by molar-refractivity contribution is 7.98. The van der Waals surface area contributed by atoms with E-state index in [9.17, 15) is 19.5 Å². The Kier molecular flexibility index (Phi) is 7.40. The Balaban J connectivity index is 1.61. The van der Waals surface area contributed by atoms with Gasteiger partial charge in [0.15, 0.2) is 4.80 Å². The first kappa shape index (κ1) is 26.5. The molecule has 2 aromatic carbocycles. The van der Waals surface area contributed by atoms with Crippen molar-refractivity contribution in [2.75, 3.05) is 12.9 Å². The first-order chi connectivity index (χ1) is 18.8. The molecular formula is C29H24N2O6S2. The number of benzene rings is 2. The Morgan fingerprint density at radius 1 is 1.18 bits per heavy atom. The maximum Gasteiger partial charge on any atom is 0.338 e. The van der Waals surface area contributed by atoms with Crippen LogP contribution in [-0.4, -0.2) is 34.5 Å². The molecule has 0 amide bonds. The van der Waals surface area contributed by atoms with Crippen LogP contribution in [0.2, 0.25) is 0 Å². The number of aromatic nitrogens is 1. The number of allylic oxidation sites excluding steroid dienone is 1. The summed E-state index contributed by atoms with van der Waals surface area (Å²) < 4.78 is 13.2. The Hall–Kier alpha value is -4.15. The Morgan fingerprint density at radius 2 is 1.95 bits per heavy atom. The number of carbonyl (C=O) groups is 2. The van der Waals surface area contributed by atoms with E-state index in [0.29, 0.717) is 37.7 Å². The molecule has 5 rings (SSSR count). The quantitative estimate of drug-likeness (QED) is 0.262. The van der Waals surface area contributed by atoms with E-state index >= 15 is 0 Å². The molecule has 2 aromatic heterocycles. The summed E-state index contributed by atoms with van der Waals surface area (Å²) in [4.78, 5) is 44.2. The molecule has 1 N–H and O–H groups in total. The standard InChI is InChI=1S/C29H24N2O6S2/c1-4-36-28(35)24-16(2)30-29-31(25(24)17-8-11-21(38-3)12-9-17)26(32)23(39-29)15-20-10-13-22(37-20)18-6-5-7-19(14-18)27(33)34/h5-15,25H,4H2,1-3H3,(H,33,34)/t25-/m1/s1. The van der Waals surface area contributed by atoms with Crippen molar-refractivity contribution in [3.05, 3.63) is 109 Å². The fourth-order valence-corrected chi connectivity index (χ4v) is 5.85. The fraction of sp³-hybridized carbons (Fsp3) is 0.172. The van der Waals surface area contributed by atoms with Gasteiger partial charge in [-0.3, -0.25) is 9.36 Å². The predicted molar refractivity (Wildman–Crippen MR) is 150 cm³/mol. The van der Waals surface area contributed by atoms with Crippen LogP contribution in [0.5, 0.6) is 0 Å². The second kappa shape index (κ2) is 10.9. The molecule has 1 aliphatic heterocycles. The smallest absolute Gasteiger partial charge is 0.338 e. The SMILES string of the molecule is CCOC(=O)C1=C(C)N=c2sc(=Cc3ccc(-c4cccc(C(=O)O)c4)o3)c(=O)n2[C@@H]1c1ccc(SC)cc1. The van der Waals surface area contributed by atoms with Gasteiger partial charge in [-0.1, -0.05) is 35.6 Å². The van der Waals surface area contributed by atoms with E-state index in [0.717, 1.165) is 10.5 Å². The lowest BCUT2D eigenvalue weighted by atomic mass is 9.96. The van der Waals surface area contributed by atoms with Gasteiger partial charge in [-0.25, -0.2) is 14.6 Å². The number of hydrogen-bond donors (Lipinski definition) is 1. The molecule has 0 unspecified atom stereocenters. The van der Waals surface area contributed by atoms with E-state index in [2.05, 4.69) is 4.99 Å². The minimum atomic E-state index is -1.03. The molecule has 8 nitrogen and oxygen atoms in total. The Morgan fingerprint density at radius 3 is 2.64 bits per heavy atom. The summed E-state index contributed by atoms with van der Waals surface area (Å²) in [7, 11) is 0. The van der Waals surface area contributed by atoms with E-state index in [4.69, 9.17) is 9.15 Å². The lowest BCUT2D eigenvalue weighted by Gasteiger charge is -2.24. The van der Waals surface area contributed by atoms with Gasteiger partial charge in [0.1, 0.15) is 11.5 Å². The number of fused-ring (bicyclic) bond motifs is 1. The third kappa shape index (κ3) is 5.13. The third-order valence-electron chi connectivity index (χ3n) is 6.24. The largest absolute Gasteiger partial charge is 0.478 e. The Bertz CT molecular complexity index is 1790. The number of nitrogens with zero attached hydrogens (tertiary/aromatic N) is 2. The molecule has 1 atom stereocenters. The molecule has 198 valence electrons. The van der Waals surface area contributed by atoms with Gasteiger partial charge in [0, 0.05) is 16.5 Å². The predicted octanol–water partition coefficient (Wildman–Crippen LogP) is 4.48. The first-order valence-electron chi connectivity index (χ1n) is 12.1. The van der Waals surface area contributed by atoms with Crippen LogP contribution in [-0.2, 0) is 9.53 Å². The zero-order valence-corrected chi connectivity index (χ0v) is 23.0. The van der Waals surface area contributed by atoms with Crippen molar-refractivity contribution >= 4 is 41.1 Å². The second-order valence-corrected chi connectivity index (χ2v) is 10.6. The van der Waals surface area contributed by atoms with E-state index in [1.807, 2.05) is 30.5 Å². The first-order valence-corrected chi connectivity index (χ1v) is 14.1. The van der Waals surface area contributed by atoms with E-state index in [1.54, 1.807) is 56.0 Å². The molecule has 0 saturated carbocycles. The molecule has 3 heterocycles. The van der Waals surface area contributed by atoms with E-state index in [1.165, 1.54) is 28.0 Å². The monoisotopic (exact) mass is 560 g/mol. The van der Waals surface area contributed by atoms with Crippen molar-refractivity contribution in [1.29, 1.82) is 0 Å². The van der Waals surface area contributed by atoms with Crippen LogP contribution in [0.4, 0.5) is 0 Å². The third-order valence-corrected chi connectivity index (χ3v) is 7.97. The Labute approximate surface area is 231 Å². The number of thiazole rings is 1. The number of esters is 1. The van der Waals surface area contributed by atoms with Gasteiger partial charge in [-0.15, -0.1) is 11.8 Å². The highest BCUT2D eigenvalue weighted by Gasteiger charge is 2.33. The highest BCUT2D eigenvalue weighted by Crippen LogP contribution is 2.32. The van der Waals surface area contributed by atoms with Gasteiger partial charge in [-0.2, -0.15) is 0 Å². The van der Waals surface area contributed by atoms with Crippen LogP contribution in [0.25, 0.3) is 17.4 Å². The minimum absolute atomic E-state index is 0.150. The number of carboxylic acid groups (broad SMARTS) is 1. The topological polar surface area (TPSA) is 111 Å². The number of ether oxygens (including phenoxy) is 1. The number of carboxylic acids is 1. The maximum atomic E-state index is 13.8. The van der Waals surface area contributed by atoms with Gasteiger partial charge in [-0.05, 0) is 62.1 Å². The molecule has 4 aromatic rings. The molecule has 0 aliphatic carbocycles. The van der Waals surface area contributed by atoms with Gasteiger partial charge < -0.3 is 14.3 Å². The van der Waals surface area contributed by atoms with Crippen LogP contribution in [0.3, 0.4) is 0 Å². The van der Waals surface area contributed by atoms with E-state index in [-0.39, 0.29) is 17.7 Å². The summed E-state index contributed by atoms with van der Waals surface area (Å²) in [6, 6.07) is 16.9. The van der Waals surface area contributed by atoms with Crippen LogP contribution in [0, 0.1) is 0 Å². The summed E-state index contributed by atoms with van der Waals surface area (Å²) in [5, 5.41) is 9.28. The summed E-state index contributed by atoms with van der Waals surface area (Å²) in [6.07, 6.45) is 3.61. The van der Waals surface area contributed by atoms with Crippen molar-refractivity contribution in [3.63, 3.8) is 0 Å². The lowest BCUT2D eigenvalue weighted by Crippen LogP contribution is -2.39. The maximum absolute atomic E-state index is 13.8. The lowest BCUT2D eigenvalue weighted by molar-refractivity contribution is -0.139. The summed E-state index contributed by atoms with van der Waals surface area (Å²) >= 11 is 2.81. The molecule has 0 fully saturated rings. The van der Waals surface area contributed by atoms with Gasteiger partial charge >= 0.3 is 11.9 Å². The normalized spacial score (nSPS) is 15.2. The zero-order chi connectivity index (χ0) is 27.7. The van der Waals surface area contributed by atoms with Gasteiger partial charge in [0.05, 0.1) is 34.0 Å². The van der Waals surface area contributed by atoms with Crippen molar-refractivity contribution in [2.24, 2.45) is 4.99 Å². The van der Waals surface area contributed by atoms with Gasteiger partial charge in [0.25, 0.3) is 5.56 Å². The van der Waals surface area contributed by atoms with Crippen molar-refractivity contribution in [1.82, 2.24) is 4.57 Å². The number of thioether (sulfide) groups is 1. The minimum Gasteiger partial charge on any atom is -0.478 e. The van der Waals surface area contributed by atoms with Crippen molar-refractivity contribution < 1.29 is 23.8 Å². The summed E-state index contributed by atoms with van der Waals surface area (Å²) in [6.45, 7) is 3.69. The molecule has 10 heteroatoms. The summed E-state index contributed by atoms with van der Waals surface area (Å²) in [5.74, 6) is -0.631. The molecule has 1 aliphatic rings. The fourth-order valence-electron chi connectivity index (χ4n) is 4.41. The van der Waals surface area contributed by atoms with Crippen LogP contribution >= 0.6 is 23.1 Å². The van der Waals surface area contributed by atoms with Crippen LogP contribution < -0.4 is 14.9 Å². The van der Waals surface area contributed by atoms with Crippen LogP contribution in [0.1, 0.15) is 41.6 Å². The molecule has 39 heavy (non-hydrogen) atoms. The van der Waals surface area contributed by atoms with Gasteiger partial charge in [0.2, 0.25) is 0 Å². The molecule has 0 bridgehead atoms. The number of furan rings is 1. The number of carbonyl (C=O) groups excluding carboxylic acids is 1. The zero-order valence-electron chi connectivity index (χ0n) is 21.3. The number of aromatic carboxylic acids is 1. The van der Waals surface area contributed by atoms with Crippen LogP contribution in [0.15, 0.2) is 91.0 Å².